The smallest absolute Gasteiger partial charge is 0.307 e. The first-order valence-electron chi connectivity index (χ1n) is 13.0. The van der Waals surface area contributed by atoms with E-state index in [1.54, 1.807) is 13.2 Å². The van der Waals surface area contributed by atoms with Gasteiger partial charge in [-0.05, 0) is 52.8 Å². The Morgan fingerprint density at radius 3 is 2.26 bits per heavy atom. The van der Waals surface area contributed by atoms with Gasteiger partial charge in [-0.25, -0.2) is 9.78 Å². The van der Waals surface area contributed by atoms with Crippen molar-refractivity contribution in [3.8, 4) is 23.0 Å². The summed E-state index contributed by atoms with van der Waals surface area (Å²) in [5, 5.41) is 6.73. The number of aromatic nitrogens is 2. The van der Waals surface area contributed by atoms with Crippen LogP contribution in [0.1, 0.15) is 69.6 Å². The summed E-state index contributed by atoms with van der Waals surface area (Å²) in [6, 6.07) is 17.1. The van der Waals surface area contributed by atoms with Crippen molar-refractivity contribution < 1.29 is 4.79 Å². The lowest BCUT2D eigenvalue weighted by Gasteiger charge is -2.21. The predicted octanol–water partition coefficient (Wildman–Crippen LogP) is 7.25. The standard InChI is InChI=1S/C32H34N4O2/c1-7-8-12-22-13-9-14-23(19-22)27-26-17-11-18-33-30(26)36(6)31(37)29(27)35-32(38)34-28-24(20(2)3)15-10-16-25(28)21(4)5/h9-11,13-21H,7H2,1-6H3,(H2,34,35,38). The van der Waals surface area contributed by atoms with Gasteiger partial charge in [-0.15, -0.1) is 0 Å². The molecule has 0 saturated heterocycles. The highest BCUT2D eigenvalue weighted by molar-refractivity contribution is 6.07. The van der Waals surface area contributed by atoms with Gasteiger partial charge >= 0.3 is 6.03 Å². The number of para-hydroxylation sites is 1. The zero-order valence-electron chi connectivity index (χ0n) is 22.8. The van der Waals surface area contributed by atoms with Gasteiger partial charge in [0.15, 0.2) is 0 Å². The van der Waals surface area contributed by atoms with Crippen LogP contribution in [-0.2, 0) is 7.05 Å². The molecule has 6 nitrogen and oxygen atoms in total. The number of urea groups is 1. The molecule has 0 aliphatic rings. The molecule has 0 atom stereocenters. The third-order valence-electron chi connectivity index (χ3n) is 6.55. The maximum absolute atomic E-state index is 13.6. The number of carbonyl (C=O) groups is 1. The van der Waals surface area contributed by atoms with Crippen LogP contribution in [0, 0.1) is 11.8 Å². The molecule has 4 rings (SSSR count). The molecule has 2 heterocycles. The number of carbonyl (C=O) groups excluding carboxylic acids is 1. The average Bonchev–Trinajstić information content (AvgIpc) is 2.90. The van der Waals surface area contributed by atoms with Gasteiger partial charge < -0.3 is 10.6 Å². The molecular weight excluding hydrogens is 472 g/mol. The van der Waals surface area contributed by atoms with E-state index in [1.807, 2.05) is 61.5 Å². The molecule has 4 aromatic rings. The van der Waals surface area contributed by atoms with E-state index < -0.39 is 6.03 Å². The number of nitrogens with one attached hydrogen (secondary N) is 2. The molecule has 2 N–H and O–H groups in total. The van der Waals surface area contributed by atoms with Gasteiger partial charge in [0.2, 0.25) is 0 Å². The molecule has 0 aliphatic carbocycles. The average molecular weight is 507 g/mol. The number of benzene rings is 2. The van der Waals surface area contributed by atoms with Crippen LogP contribution in [0.3, 0.4) is 0 Å². The van der Waals surface area contributed by atoms with Crippen molar-refractivity contribution in [2.24, 2.45) is 7.05 Å². The van der Waals surface area contributed by atoms with Crippen LogP contribution in [0.4, 0.5) is 16.2 Å². The first-order chi connectivity index (χ1) is 18.2. The second-order valence-corrected chi connectivity index (χ2v) is 9.92. The maximum atomic E-state index is 13.6. The van der Waals surface area contributed by atoms with Crippen molar-refractivity contribution in [1.82, 2.24) is 9.55 Å². The van der Waals surface area contributed by atoms with Gasteiger partial charge in [0.1, 0.15) is 11.3 Å². The Hall–Kier alpha value is -4.37. The Morgan fingerprint density at radius 1 is 0.947 bits per heavy atom. The molecule has 2 amide bonds. The third kappa shape index (κ3) is 5.33. The van der Waals surface area contributed by atoms with Gasteiger partial charge in [0.05, 0.1) is 0 Å². The Balaban J connectivity index is 1.87. The molecule has 6 heteroatoms. The van der Waals surface area contributed by atoms with Crippen LogP contribution < -0.4 is 16.2 Å². The topological polar surface area (TPSA) is 76.0 Å². The van der Waals surface area contributed by atoms with Gasteiger partial charge in [-0.3, -0.25) is 9.36 Å². The highest BCUT2D eigenvalue weighted by atomic mass is 16.2. The number of hydrogen-bond acceptors (Lipinski definition) is 3. The summed E-state index contributed by atoms with van der Waals surface area (Å²) in [4.78, 5) is 31.6. The summed E-state index contributed by atoms with van der Waals surface area (Å²) in [5.41, 5.74) is 5.51. The van der Waals surface area contributed by atoms with Gasteiger partial charge in [0.25, 0.3) is 5.56 Å². The summed E-state index contributed by atoms with van der Waals surface area (Å²) < 4.78 is 1.47. The van der Waals surface area contributed by atoms with Crippen LogP contribution in [0.5, 0.6) is 0 Å². The summed E-state index contributed by atoms with van der Waals surface area (Å²) in [5.74, 6) is 6.68. The van der Waals surface area contributed by atoms with E-state index in [-0.39, 0.29) is 23.1 Å². The molecule has 0 bridgehead atoms. The Bertz CT molecular complexity index is 1590. The first kappa shape index (κ1) is 26.7. The van der Waals surface area contributed by atoms with E-state index in [1.165, 1.54) is 4.57 Å². The zero-order valence-corrected chi connectivity index (χ0v) is 22.8. The monoisotopic (exact) mass is 506 g/mol. The Labute approximate surface area is 224 Å². The van der Waals surface area contributed by atoms with E-state index in [2.05, 4.69) is 55.2 Å². The first-order valence-corrected chi connectivity index (χ1v) is 13.0. The molecule has 194 valence electrons. The SMILES string of the molecule is CCC#Cc1cccc(-c2c(NC(=O)Nc3c(C(C)C)cccc3C(C)C)c(=O)n(C)c3ncccc23)c1. The van der Waals surface area contributed by atoms with Crippen molar-refractivity contribution >= 4 is 28.4 Å². The Kier molecular flexibility index (Phi) is 7.97. The highest BCUT2D eigenvalue weighted by Crippen LogP contribution is 2.35. The normalized spacial score (nSPS) is 10.9. The molecule has 0 fully saturated rings. The summed E-state index contributed by atoms with van der Waals surface area (Å²) >= 11 is 0. The zero-order chi connectivity index (χ0) is 27.4. The number of amides is 2. The quantitative estimate of drug-likeness (QED) is 0.280. The lowest BCUT2D eigenvalue weighted by atomic mass is 9.93. The molecule has 38 heavy (non-hydrogen) atoms. The molecular formula is C32H34N4O2. The summed E-state index contributed by atoms with van der Waals surface area (Å²) in [6.07, 6.45) is 2.40. The summed E-state index contributed by atoms with van der Waals surface area (Å²) in [6.45, 7) is 10.4. The summed E-state index contributed by atoms with van der Waals surface area (Å²) in [7, 11) is 1.67. The van der Waals surface area contributed by atoms with Crippen LogP contribution in [-0.4, -0.2) is 15.6 Å². The largest absolute Gasteiger partial charge is 0.323 e. The van der Waals surface area contributed by atoms with E-state index in [0.29, 0.717) is 11.2 Å². The van der Waals surface area contributed by atoms with Crippen molar-refractivity contribution in [3.63, 3.8) is 0 Å². The van der Waals surface area contributed by atoms with Crippen LogP contribution in [0.2, 0.25) is 0 Å². The van der Waals surface area contributed by atoms with E-state index >= 15 is 0 Å². The fourth-order valence-corrected chi connectivity index (χ4v) is 4.68. The van der Waals surface area contributed by atoms with Crippen molar-refractivity contribution in [2.75, 3.05) is 10.6 Å². The molecule has 2 aromatic heterocycles. The molecule has 0 radical (unpaired) electrons. The second-order valence-electron chi connectivity index (χ2n) is 9.92. The molecule has 2 aromatic carbocycles. The number of aryl methyl sites for hydroxylation is 1. The van der Waals surface area contributed by atoms with Crippen molar-refractivity contribution in [3.05, 3.63) is 87.8 Å². The van der Waals surface area contributed by atoms with Gasteiger partial charge in [0, 0.05) is 41.9 Å². The molecule has 0 saturated carbocycles. The van der Waals surface area contributed by atoms with Crippen molar-refractivity contribution in [1.29, 1.82) is 0 Å². The van der Waals surface area contributed by atoms with Gasteiger partial charge in [-0.1, -0.05) is 76.8 Å². The Morgan fingerprint density at radius 2 is 1.61 bits per heavy atom. The van der Waals surface area contributed by atoms with Crippen LogP contribution in [0.15, 0.2) is 65.6 Å². The number of hydrogen-bond donors (Lipinski definition) is 2. The number of nitrogens with zero attached hydrogens (tertiary/aromatic N) is 2. The minimum Gasteiger partial charge on any atom is -0.307 e. The number of anilines is 2. The van der Waals surface area contributed by atoms with E-state index in [4.69, 9.17) is 0 Å². The number of fused-ring (bicyclic) bond motifs is 1. The molecule has 0 spiro atoms. The third-order valence-corrected chi connectivity index (χ3v) is 6.55. The number of rotatable bonds is 5. The van der Waals surface area contributed by atoms with Crippen molar-refractivity contribution in [2.45, 2.75) is 52.9 Å². The lowest BCUT2D eigenvalue weighted by molar-refractivity contribution is 0.262. The molecule has 0 aliphatic heterocycles. The predicted molar refractivity (Wildman–Crippen MR) is 157 cm³/mol. The molecule has 0 unspecified atom stereocenters. The highest BCUT2D eigenvalue weighted by Gasteiger charge is 2.21. The minimum atomic E-state index is -0.469. The van der Waals surface area contributed by atoms with Crippen LogP contribution in [0.25, 0.3) is 22.2 Å². The van der Waals surface area contributed by atoms with E-state index in [0.717, 1.165) is 39.7 Å². The fraction of sp³-hybridized carbons (Fsp3) is 0.281. The van der Waals surface area contributed by atoms with E-state index in [9.17, 15) is 9.59 Å². The van der Waals surface area contributed by atoms with Crippen LogP contribution >= 0.6 is 0 Å². The second kappa shape index (κ2) is 11.4. The number of pyridine rings is 2. The fourth-order valence-electron chi connectivity index (χ4n) is 4.68. The maximum Gasteiger partial charge on any atom is 0.323 e. The minimum absolute atomic E-state index is 0.194. The van der Waals surface area contributed by atoms with Gasteiger partial charge in [-0.2, -0.15) is 0 Å². The lowest BCUT2D eigenvalue weighted by Crippen LogP contribution is -2.29.